The number of rotatable bonds is 4. The molecule has 0 unspecified atom stereocenters. The van der Waals surface area contributed by atoms with Crippen LogP contribution in [0.15, 0.2) is 46.2 Å². The number of hydrogen-bond acceptors (Lipinski definition) is 5. The molecule has 2 aromatic carbocycles. The third-order valence-electron chi connectivity index (χ3n) is 4.82. The van der Waals surface area contributed by atoms with E-state index < -0.39 is 9.84 Å². The van der Waals surface area contributed by atoms with Gasteiger partial charge < -0.3 is 9.84 Å². The first-order chi connectivity index (χ1) is 13.7. The lowest BCUT2D eigenvalue weighted by molar-refractivity contribution is 0.414. The van der Waals surface area contributed by atoms with Gasteiger partial charge in [0.05, 0.1) is 12.0 Å². The van der Waals surface area contributed by atoms with Crippen LogP contribution in [0.25, 0.3) is 6.08 Å². The maximum absolute atomic E-state index is 13.0. The second-order valence-corrected chi connectivity index (χ2v) is 11.2. The summed E-state index contributed by atoms with van der Waals surface area (Å²) in [4.78, 5) is -0.347. The summed E-state index contributed by atoms with van der Waals surface area (Å²) >= 11 is 0. The molecule has 160 valence electrons. The summed E-state index contributed by atoms with van der Waals surface area (Å²) in [5.74, 6) is 0.725. The van der Waals surface area contributed by atoms with Crippen molar-refractivity contribution in [1.29, 1.82) is 5.26 Å². The number of nitriles is 1. The summed E-state index contributed by atoms with van der Waals surface area (Å²) in [6.07, 6.45) is 1.36. The number of phenols is 1. The standard InChI is InChI=1S/C24H29NO4S/c1-23(2,3)20-13-16(14-21(22(20)26)24(4,5)6)12-19(15-25)30(27,28)18-10-8-17(29-7)9-11-18/h8-14,26H,1-7H3/b19-12-. The lowest BCUT2D eigenvalue weighted by atomic mass is 9.78. The molecule has 0 aliphatic heterocycles. The first-order valence-electron chi connectivity index (χ1n) is 9.60. The molecule has 0 heterocycles. The highest BCUT2D eigenvalue weighted by Gasteiger charge is 2.27. The van der Waals surface area contributed by atoms with E-state index in [9.17, 15) is 18.8 Å². The lowest BCUT2D eigenvalue weighted by Gasteiger charge is -2.28. The Balaban J connectivity index is 2.70. The van der Waals surface area contributed by atoms with Crippen LogP contribution in [0.3, 0.4) is 0 Å². The summed E-state index contributed by atoms with van der Waals surface area (Å²) in [6, 6.07) is 11.2. The fraction of sp³-hybridized carbons (Fsp3) is 0.375. The minimum Gasteiger partial charge on any atom is -0.507 e. The monoisotopic (exact) mass is 427 g/mol. The molecule has 0 saturated heterocycles. The smallest absolute Gasteiger partial charge is 0.216 e. The van der Waals surface area contributed by atoms with Crippen LogP contribution in [0, 0.1) is 11.3 Å². The van der Waals surface area contributed by atoms with Gasteiger partial charge in [0.15, 0.2) is 0 Å². The molecular weight excluding hydrogens is 398 g/mol. The number of nitrogens with zero attached hydrogens (tertiary/aromatic N) is 1. The number of benzene rings is 2. The average molecular weight is 428 g/mol. The van der Waals surface area contributed by atoms with Crippen molar-refractivity contribution in [3.63, 3.8) is 0 Å². The second kappa shape index (κ2) is 8.16. The molecule has 0 aromatic heterocycles. The van der Waals surface area contributed by atoms with Gasteiger partial charge in [0.2, 0.25) is 9.84 Å². The minimum atomic E-state index is -4.00. The van der Waals surface area contributed by atoms with Crippen molar-refractivity contribution in [2.75, 3.05) is 7.11 Å². The van der Waals surface area contributed by atoms with Crippen LogP contribution in [-0.2, 0) is 20.7 Å². The summed E-state index contributed by atoms with van der Waals surface area (Å²) < 4.78 is 31.1. The summed E-state index contributed by atoms with van der Waals surface area (Å²) in [7, 11) is -2.50. The molecule has 0 atom stereocenters. The zero-order valence-corrected chi connectivity index (χ0v) is 19.4. The first-order valence-corrected chi connectivity index (χ1v) is 11.1. The molecule has 30 heavy (non-hydrogen) atoms. The number of methoxy groups -OCH3 is 1. The van der Waals surface area contributed by atoms with E-state index in [-0.39, 0.29) is 26.4 Å². The highest BCUT2D eigenvalue weighted by atomic mass is 32.2. The van der Waals surface area contributed by atoms with Gasteiger partial charge in [-0.3, -0.25) is 0 Å². The summed E-state index contributed by atoms with van der Waals surface area (Å²) in [6.45, 7) is 11.8. The molecule has 1 N–H and O–H groups in total. The van der Waals surface area contributed by atoms with Gasteiger partial charge in [0.1, 0.15) is 22.5 Å². The van der Waals surface area contributed by atoms with Crippen molar-refractivity contribution < 1.29 is 18.3 Å². The van der Waals surface area contributed by atoms with Gasteiger partial charge >= 0.3 is 0 Å². The van der Waals surface area contributed by atoms with Crippen molar-refractivity contribution in [1.82, 2.24) is 0 Å². The van der Waals surface area contributed by atoms with Crippen LogP contribution in [0.2, 0.25) is 0 Å². The van der Waals surface area contributed by atoms with Gasteiger partial charge in [0, 0.05) is 11.1 Å². The van der Waals surface area contributed by atoms with E-state index in [0.717, 1.165) is 0 Å². The zero-order chi connectivity index (χ0) is 22.9. The van der Waals surface area contributed by atoms with E-state index in [4.69, 9.17) is 4.74 Å². The van der Waals surface area contributed by atoms with Crippen molar-refractivity contribution in [2.24, 2.45) is 0 Å². The van der Waals surface area contributed by atoms with Crippen molar-refractivity contribution >= 4 is 15.9 Å². The third-order valence-corrected chi connectivity index (χ3v) is 6.50. The molecule has 0 spiro atoms. The van der Waals surface area contributed by atoms with Crippen LogP contribution < -0.4 is 4.74 Å². The number of allylic oxidation sites excluding steroid dienone is 1. The molecule has 0 aliphatic carbocycles. The Bertz CT molecular complexity index is 1070. The predicted molar refractivity (Wildman–Crippen MR) is 119 cm³/mol. The molecule has 0 bridgehead atoms. The van der Waals surface area contributed by atoms with Crippen LogP contribution >= 0.6 is 0 Å². The number of ether oxygens (including phenoxy) is 1. The van der Waals surface area contributed by atoms with E-state index in [0.29, 0.717) is 22.4 Å². The van der Waals surface area contributed by atoms with E-state index in [1.165, 1.54) is 37.5 Å². The fourth-order valence-corrected chi connectivity index (χ4v) is 4.25. The molecule has 0 amide bonds. The van der Waals surface area contributed by atoms with Crippen molar-refractivity contribution in [3.05, 3.63) is 58.0 Å². The van der Waals surface area contributed by atoms with Gasteiger partial charge in [-0.25, -0.2) is 8.42 Å². The van der Waals surface area contributed by atoms with Crippen LogP contribution in [0.5, 0.6) is 11.5 Å². The van der Waals surface area contributed by atoms with Gasteiger partial charge in [-0.15, -0.1) is 0 Å². The SMILES string of the molecule is COc1ccc(S(=O)(=O)/C(C#N)=C\c2cc(C(C)(C)C)c(O)c(C(C)(C)C)c2)cc1. The molecule has 2 rings (SSSR count). The van der Waals surface area contributed by atoms with E-state index in [1.807, 2.05) is 47.6 Å². The van der Waals surface area contributed by atoms with Gasteiger partial charge in [0.25, 0.3) is 0 Å². The quantitative estimate of drug-likeness (QED) is 0.666. The topological polar surface area (TPSA) is 87.4 Å². The molecule has 2 aromatic rings. The summed E-state index contributed by atoms with van der Waals surface area (Å²) in [5, 5.41) is 20.5. The summed E-state index contributed by atoms with van der Waals surface area (Å²) in [5.41, 5.74) is 1.21. The highest BCUT2D eigenvalue weighted by molar-refractivity contribution is 7.95. The number of phenolic OH excluding ortho intramolecular Hbond substituents is 1. The Morgan fingerprint density at radius 2 is 1.47 bits per heavy atom. The Morgan fingerprint density at radius 1 is 1.00 bits per heavy atom. The van der Waals surface area contributed by atoms with Gasteiger partial charge in [-0.2, -0.15) is 5.26 Å². The molecule has 0 aliphatic rings. The Kier molecular flexibility index (Phi) is 6.39. The number of aromatic hydroxyl groups is 1. The first kappa shape index (κ1) is 23.5. The molecule has 5 nitrogen and oxygen atoms in total. The minimum absolute atomic E-state index is 0.0157. The van der Waals surface area contributed by atoms with Gasteiger partial charge in [-0.1, -0.05) is 41.5 Å². The maximum Gasteiger partial charge on any atom is 0.216 e. The lowest BCUT2D eigenvalue weighted by Crippen LogP contribution is -2.17. The second-order valence-electron chi connectivity index (χ2n) is 9.26. The number of hydrogen-bond donors (Lipinski definition) is 1. The molecular formula is C24H29NO4S. The zero-order valence-electron chi connectivity index (χ0n) is 18.6. The Hall–Kier alpha value is -2.78. The highest BCUT2D eigenvalue weighted by Crippen LogP contribution is 2.40. The maximum atomic E-state index is 13.0. The van der Waals surface area contributed by atoms with E-state index >= 15 is 0 Å². The predicted octanol–water partition coefficient (Wildman–Crippen LogP) is 5.33. The van der Waals surface area contributed by atoms with Crippen LogP contribution in [-0.4, -0.2) is 20.6 Å². The normalized spacial score (nSPS) is 13.1. The molecule has 0 fully saturated rings. The van der Waals surface area contributed by atoms with Gasteiger partial charge in [-0.05, 0) is 58.9 Å². The largest absolute Gasteiger partial charge is 0.507 e. The van der Waals surface area contributed by atoms with Crippen molar-refractivity contribution in [2.45, 2.75) is 57.3 Å². The molecule has 0 saturated carbocycles. The molecule has 0 radical (unpaired) electrons. The number of sulfone groups is 1. The van der Waals surface area contributed by atoms with Crippen LogP contribution in [0.4, 0.5) is 0 Å². The van der Waals surface area contributed by atoms with E-state index in [1.54, 1.807) is 12.1 Å². The van der Waals surface area contributed by atoms with Crippen LogP contribution in [0.1, 0.15) is 58.2 Å². The van der Waals surface area contributed by atoms with Crippen molar-refractivity contribution in [3.8, 4) is 17.6 Å². The van der Waals surface area contributed by atoms with E-state index in [2.05, 4.69) is 0 Å². The fourth-order valence-electron chi connectivity index (χ4n) is 3.09. The Labute approximate surface area is 179 Å². The third kappa shape index (κ3) is 4.85. The molecule has 6 heteroatoms. The average Bonchev–Trinajstić information content (AvgIpc) is 2.65. The Morgan fingerprint density at radius 3 is 1.83 bits per heavy atom.